The monoisotopic (exact) mass is 265 g/mol. The smallest absolute Gasteiger partial charge is 0.203 e. The number of thioether (sulfide) groups is 1. The molecule has 1 heterocycles. The fourth-order valence-electron chi connectivity index (χ4n) is 1.73. The van der Waals surface area contributed by atoms with Gasteiger partial charge in [-0.2, -0.15) is 0 Å². The Kier molecular flexibility index (Phi) is 4.02. The van der Waals surface area contributed by atoms with Crippen LogP contribution in [-0.2, 0) is 11.5 Å². The van der Waals surface area contributed by atoms with Crippen molar-refractivity contribution in [3.05, 3.63) is 39.9 Å². The van der Waals surface area contributed by atoms with Crippen molar-refractivity contribution in [1.29, 1.82) is 0 Å². The van der Waals surface area contributed by atoms with Crippen LogP contribution in [0.3, 0.4) is 0 Å². The highest BCUT2D eigenvalue weighted by Gasteiger charge is 2.02. The maximum Gasteiger partial charge on any atom is 0.203 e. The second kappa shape index (κ2) is 5.51. The molecule has 90 valence electrons. The largest absolute Gasteiger partial charge is 0.374 e. The van der Waals surface area contributed by atoms with Crippen LogP contribution in [0.1, 0.15) is 21.7 Å². The molecular weight excluding hydrogens is 250 g/mol. The number of nitrogen functional groups attached to an aromatic ring is 1. The number of hydrogen-bond acceptors (Lipinski definition) is 5. The third-order valence-corrected chi connectivity index (χ3v) is 4.21. The van der Waals surface area contributed by atoms with E-state index in [1.54, 1.807) is 0 Å². The summed E-state index contributed by atoms with van der Waals surface area (Å²) in [6, 6.07) is 6.66. The molecular formula is C12H15N3S2. The molecule has 3 nitrogen and oxygen atoms in total. The van der Waals surface area contributed by atoms with Gasteiger partial charge in [-0.3, -0.25) is 0 Å². The molecule has 0 amide bonds. The molecule has 0 aliphatic rings. The molecule has 5 heteroatoms. The van der Waals surface area contributed by atoms with Crippen LogP contribution in [0.4, 0.5) is 5.13 Å². The molecule has 0 spiro atoms. The Morgan fingerprint density at radius 3 is 2.41 bits per heavy atom. The van der Waals surface area contributed by atoms with Gasteiger partial charge in [0.15, 0.2) is 0 Å². The molecule has 0 aliphatic carbocycles. The molecule has 0 unspecified atom stereocenters. The third kappa shape index (κ3) is 3.71. The molecule has 0 radical (unpaired) electrons. The second-order valence-corrected chi connectivity index (χ2v) is 6.10. The topological polar surface area (TPSA) is 51.8 Å². The van der Waals surface area contributed by atoms with Gasteiger partial charge in [0.2, 0.25) is 5.13 Å². The molecule has 0 fully saturated rings. The van der Waals surface area contributed by atoms with Crippen LogP contribution in [0.15, 0.2) is 18.2 Å². The Morgan fingerprint density at radius 1 is 1.12 bits per heavy atom. The van der Waals surface area contributed by atoms with Gasteiger partial charge in [-0.25, -0.2) is 0 Å². The van der Waals surface area contributed by atoms with Gasteiger partial charge in [0.05, 0.1) is 0 Å². The van der Waals surface area contributed by atoms with E-state index < -0.39 is 0 Å². The lowest BCUT2D eigenvalue weighted by atomic mass is 10.1. The number of nitrogens with two attached hydrogens (primary N) is 1. The van der Waals surface area contributed by atoms with Gasteiger partial charge in [-0.1, -0.05) is 40.7 Å². The van der Waals surface area contributed by atoms with Gasteiger partial charge in [0.1, 0.15) is 5.01 Å². The summed E-state index contributed by atoms with van der Waals surface area (Å²) >= 11 is 3.31. The zero-order chi connectivity index (χ0) is 12.3. The lowest BCUT2D eigenvalue weighted by Crippen LogP contribution is -1.86. The number of nitrogens with zero attached hydrogens (tertiary/aromatic N) is 2. The first-order valence-corrected chi connectivity index (χ1v) is 7.33. The van der Waals surface area contributed by atoms with Crippen LogP contribution in [-0.4, -0.2) is 10.2 Å². The molecule has 0 bridgehead atoms. The SMILES string of the molecule is Cc1cc(C)cc(CSCc2nnc(N)s2)c1. The van der Waals surface area contributed by atoms with Crippen molar-refractivity contribution in [3.8, 4) is 0 Å². The van der Waals surface area contributed by atoms with Crippen LogP contribution in [0.2, 0.25) is 0 Å². The minimum Gasteiger partial charge on any atom is -0.374 e. The van der Waals surface area contributed by atoms with Crippen LogP contribution in [0.25, 0.3) is 0 Å². The molecule has 2 aromatic rings. The van der Waals surface area contributed by atoms with Gasteiger partial charge >= 0.3 is 0 Å². The zero-order valence-corrected chi connectivity index (χ0v) is 11.6. The van der Waals surface area contributed by atoms with Crippen LogP contribution >= 0.6 is 23.1 Å². The van der Waals surface area contributed by atoms with E-state index in [1.165, 1.54) is 28.0 Å². The molecule has 17 heavy (non-hydrogen) atoms. The normalized spacial score (nSPS) is 10.7. The lowest BCUT2D eigenvalue weighted by molar-refractivity contribution is 1.05. The number of hydrogen-bond donors (Lipinski definition) is 1. The first-order valence-electron chi connectivity index (χ1n) is 5.36. The minimum atomic E-state index is 0.548. The van der Waals surface area contributed by atoms with Crippen molar-refractivity contribution in [2.24, 2.45) is 0 Å². The van der Waals surface area contributed by atoms with Crippen molar-refractivity contribution in [2.75, 3.05) is 5.73 Å². The first-order chi connectivity index (χ1) is 8.13. The highest BCUT2D eigenvalue weighted by atomic mass is 32.2. The Hall–Kier alpha value is -1.07. The summed E-state index contributed by atoms with van der Waals surface area (Å²) in [5.74, 6) is 1.88. The first kappa shape index (κ1) is 12.4. The summed E-state index contributed by atoms with van der Waals surface area (Å²) in [6.45, 7) is 4.26. The summed E-state index contributed by atoms with van der Waals surface area (Å²) in [5.41, 5.74) is 9.54. The molecule has 1 aromatic heterocycles. The number of rotatable bonds is 4. The van der Waals surface area contributed by atoms with E-state index in [2.05, 4.69) is 42.2 Å². The standard InChI is InChI=1S/C12H15N3S2/c1-8-3-9(2)5-10(4-8)6-16-7-11-14-15-12(13)17-11/h3-5H,6-7H2,1-2H3,(H2,13,15). The van der Waals surface area contributed by atoms with E-state index in [0.29, 0.717) is 5.13 Å². The molecule has 2 rings (SSSR count). The van der Waals surface area contributed by atoms with E-state index >= 15 is 0 Å². The zero-order valence-electron chi connectivity index (χ0n) is 9.93. The average Bonchev–Trinajstić information content (AvgIpc) is 2.63. The highest BCUT2D eigenvalue weighted by molar-refractivity contribution is 7.97. The van der Waals surface area contributed by atoms with E-state index in [4.69, 9.17) is 5.73 Å². The third-order valence-electron chi connectivity index (χ3n) is 2.26. The van der Waals surface area contributed by atoms with Crippen LogP contribution in [0.5, 0.6) is 0 Å². The molecule has 0 saturated heterocycles. The van der Waals surface area contributed by atoms with E-state index in [-0.39, 0.29) is 0 Å². The summed E-state index contributed by atoms with van der Waals surface area (Å²) in [4.78, 5) is 0. The Balaban J connectivity index is 1.89. The van der Waals surface area contributed by atoms with Crippen molar-refractivity contribution in [2.45, 2.75) is 25.4 Å². The molecule has 2 N–H and O–H groups in total. The number of aryl methyl sites for hydroxylation is 2. The van der Waals surface area contributed by atoms with E-state index in [1.807, 2.05) is 11.8 Å². The quantitative estimate of drug-likeness (QED) is 0.922. The summed E-state index contributed by atoms with van der Waals surface area (Å²) in [6.07, 6.45) is 0. The van der Waals surface area contributed by atoms with Crippen LogP contribution < -0.4 is 5.73 Å². The van der Waals surface area contributed by atoms with Gasteiger partial charge in [-0.05, 0) is 19.4 Å². The van der Waals surface area contributed by atoms with E-state index in [0.717, 1.165) is 16.5 Å². The lowest BCUT2D eigenvalue weighted by Gasteiger charge is -2.03. The minimum absolute atomic E-state index is 0.548. The predicted octanol–water partition coefficient (Wildman–Crippen LogP) is 3.17. The Labute approximate surface area is 109 Å². The number of benzene rings is 1. The average molecular weight is 265 g/mol. The van der Waals surface area contributed by atoms with E-state index in [9.17, 15) is 0 Å². The number of aromatic nitrogens is 2. The van der Waals surface area contributed by atoms with Crippen molar-refractivity contribution >= 4 is 28.2 Å². The highest BCUT2D eigenvalue weighted by Crippen LogP contribution is 2.22. The summed E-state index contributed by atoms with van der Waals surface area (Å²) < 4.78 is 0. The van der Waals surface area contributed by atoms with Crippen LogP contribution in [0, 0.1) is 13.8 Å². The van der Waals surface area contributed by atoms with Crippen molar-refractivity contribution in [3.63, 3.8) is 0 Å². The fraction of sp³-hybridized carbons (Fsp3) is 0.333. The maximum atomic E-state index is 5.54. The molecule has 0 aliphatic heterocycles. The molecule has 0 saturated carbocycles. The Morgan fingerprint density at radius 2 is 1.82 bits per heavy atom. The number of anilines is 1. The summed E-state index contributed by atoms with van der Waals surface area (Å²) in [7, 11) is 0. The van der Waals surface area contributed by atoms with Gasteiger partial charge in [-0.15, -0.1) is 22.0 Å². The second-order valence-electron chi connectivity index (χ2n) is 4.02. The van der Waals surface area contributed by atoms with Gasteiger partial charge in [0.25, 0.3) is 0 Å². The van der Waals surface area contributed by atoms with Crippen molar-refractivity contribution in [1.82, 2.24) is 10.2 Å². The van der Waals surface area contributed by atoms with Gasteiger partial charge in [0, 0.05) is 11.5 Å². The molecule has 1 aromatic carbocycles. The molecule has 0 atom stereocenters. The maximum absolute atomic E-state index is 5.54. The predicted molar refractivity (Wildman–Crippen MR) is 75.2 cm³/mol. The fourth-order valence-corrected chi connectivity index (χ4v) is 3.36. The summed E-state index contributed by atoms with van der Waals surface area (Å²) in [5, 5.41) is 9.35. The Bertz CT molecular complexity index is 488. The van der Waals surface area contributed by atoms with Gasteiger partial charge < -0.3 is 5.73 Å². The van der Waals surface area contributed by atoms with Crippen molar-refractivity contribution < 1.29 is 0 Å².